The van der Waals surface area contributed by atoms with E-state index in [9.17, 15) is 22.2 Å². The molecule has 1 N–H and O–H groups in total. The Morgan fingerprint density at radius 2 is 1.86 bits per heavy atom. The molecule has 0 saturated carbocycles. The van der Waals surface area contributed by atoms with Crippen molar-refractivity contribution in [2.24, 2.45) is 0 Å². The van der Waals surface area contributed by atoms with Crippen LogP contribution in [0.15, 0.2) is 41.4 Å². The van der Waals surface area contributed by atoms with Crippen molar-refractivity contribution in [1.29, 1.82) is 0 Å². The lowest BCUT2D eigenvalue weighted by Crippen LogP contribution is -2.47. The number of halogens is 3. The quantitative estimate of drug-likeness (QED) is 0.795. The Hall–Kier alpha value is -2.46. The van der Waals surface area contributed by atoms with Gasteiger partial charge in [0.25, 0.3) is 0 Å². The zero-order chi connectivity index (χ0) is 21.2. The van der Waals surface area contributed by atoms with Crippen LogP contribution in [-0.2, 0) is 28.4 Å². The molecule has 1 aliphatic rings. The number of aromatic nitrogens is 1. The highest BCUT2D eigenvalue weighted by Gasteiger charge is 2.31. The smallest absolute Gasteiger partial charge is 0.417 e. The largest absolute Gasteiger partial charge is 0.481 e. The third kappa shape index (κ3) is 5.13. The summed E-state index contributed by atoms with van der Waals surface area (Å²) in [5, 5.41) is 9.01. The number of rotatable bonds is 5. The first-order chi connectivity index (χ1) is 13.6. The fourth-order valence-corrected chi connectivity index (χ4v) is 4.30. The van der Waals surface area contributed by atoms with Gasteiger partial charge in [0.1, 0.15) is 16.8 Å². The van der Waals surface area contributed by atoms with Crippen LogP contribution in [0, 0.1) is 6.92 Å². The molecule has 3 rings (SSSR count). The van der Waals surface area contributed by atoms with Gasteiger partial charge in [-0.2, -0.15) is 13.2 Å². The Kier molecular flexibility index (Phi) is 6.23. The molecule has 1 saturated heterocycles. The van der Waals surface area contributed by atoms with Crippen molar-refractivity contribution in [3.05, 3.63) is 53.2 Å². The number of aryl methyl sites for hydroxylation is 1. The van der Waals surface area contributed by atoms with Crippen molar-refractivity contribution in [2.45, 2.75) is 24.4 Å². The minimum absolute atomic E-state index is 0.135. The van der Waals surface area contributed by atoms with Gasteiger partial charge in [-0.25, -0.2) is 13.5 Å². The van der Waals surface area contributed by atoms with E-state index in [0.29, 0.717) is 42.5 Å². The number of benzene rings is 1. The molecular formula is C19H20F3N3O3S. The van der Waals surface area contributed by atoms with Crippen molar-refractivity contribution in [3.63, 3.8) is 0 Å². The molecule has 0 bridgehead atoms. The average Bonchev–Trinajstić information content (AvgIpc) is 2.68. The van der Waals surface area contributed by atoms with Crippen LogP contribution < -0.4 is 4.90 Å². The molecule has 0 amide bonds. The van der Waals surface area contributed by atoms with E-state index in [1.165, 1.54) is 6.07 Å². The summed E-state index contributed by atoms with van der Waals surface area (Å²) in [6.45, 7) is 3.63. The van der Waals surface area contributed by atoms with Crippen molar-refractivity contribution in [1.82, 2.24) is 9.29 Å². The van der Waals surface area contributed by atoms with E-state index < -0.39 is 28.7 Å². The van der Waals surface area contributed by atoms with Crippen LogP contribution >= 0.6 is 0 Å². The van der Waals surface area contributed by atoms with E-state index in [-0.39, 0.29) is 6.42 Å². The molecule has 1 aromatic carbocycles. The summed E-state index contributed by atoms with van der Waals surface area (Å²) in [6, 6.07) is 7.48. The van der Waals surface area contributed by atoms with Crippen molar-refractivity contribution in [2.75, 3.05) is 31.1 Å². The maximum Gasteiger partial charge on any atom is 0.417 e. The Morgan fingerprint density at radius 1 is 1.17 bits per heavy atom. The van der Waals surface area contributed by atoms with Gasteiger partial charge in [-0.15, -0.1) is 0 Å². The maximum atomic E-state index is 12.9. The number of carboxylic acids is 1. The number of hydrogen-bond acceptors (Lipinski definition) is 4. The molecule has 1 fully saturated rings. The van der Waals surface area contributed by atoms with Crippen molar-refractivity contribution < 1.29 is 27.3 Å². The second kappa shape index (κ2) is 8.50. The molecule has 1 aromatic heterocycles. The van der Waals surface area contributed by atoms with Gasteiger partial charge in [0, 0.05) is 32.4 Å². The number of piperazine rings is 1. The first-order valence-corrected chi connectivity index (χ1v) is 10.0. The zero-order valence-electron chi connectivity index (χ0n) is 15.6. The number of aliphatic carboxylic acids is 1. The number of pyridine rings is 1. The van der Waals surface area contributed by atoms with Gasteiger partial charge in [0.2, 0.25) is 0 Å². The van der Waals surface area contributed by atoms with Crippen LogP contribution in [0.4, 0.5) is 19.0 Å². The van der Waals surface area contributed by atoms with E-state index >= 15 is 0 Å². The van der Waals surface area contributed by atoms with Crippen LogP contribution in [0.5, 0.6) is 0 Å². The number of carboxylic acid groups (broad SMARTS) is 1. The number of hydrogen-bond donors (Lipinski definition) is 1. The highest BCUT2D eigenvalue weighted by Crippen LogP contribution is 2.29. The highest BCUT2D eigenvalue weighted by atomic mass is 32.2. The maximum absolute atomic E-state index is 12.9. The SMILES string of the molecule is Cc1ccc(S(=O)N2CCN(c3ccc(C(F)(F)F)cn3)CC2)cc1CC(=O)O. The van der Waals surface area contributed by atoms with Crippen LogP contribution in [0.3, 0.4) is 0 Å². The molecule has 29 heavy (non-hydrogen) atoms. The lowest BCUT2D eigenvalue weighted by molar-refractivity contribution is -0.138. The van der Waals surface area contributed by atoms with E-state index in [0.717, 1.165) is 17.8 Å². The molecular weight excluding hydrogens is 407 g/mol. The van der Waals surface area contributed by atoms with Crippen LogP contribution in [0.1, 0.15) is 16.7 Å². The van der Waals surface area contributed by atoms with Gasteiger partial charge in [-0.3, -0.25) is 4.79 Å². The van der Waals surface area contributed by atoms with E-state index in [1.807, 2.05) is 4.90 Å². The Labute approximate surface area is 168 Å². The monoisotopic (exact) mass is 427 g/mol. The normalized spacial score (nSPS) is 16.6. The summed E-state index contributed by atoms with van der Waals surface area (Å²) in [4.78, 5) is 17.3. The second-order valence-corrected chi connectivity index (χ2v) is 8.21. The summed E-state index contributed by atoms with van der Waals surface area (Å²) in [6.07, 6.45) is -3.74. The molecule has 1 atom stereocenters. The highest BCUT2D eigenvalue weighted by molar-refractivity contribution is 7.82. The first-order valence-electron chi connectivity index (χ1n) is 8.91. The molecule has 0 radical (unpaired) electrons. The second-order valence-electron chi connectivity index (χ2n) is 6.73. The lowest BCUT2D eigenvalue weighted by Gasteiger charge is -2.34. The molecule has 2 aromatic rings. The van der Waals surface area contributed by atoms with Crippen LogP contribution in [-0.4, -0.2) is 50.8 Å². The molecule has 2 heterocycles. The summed E-state index contributed by atoms with van der Waals surface area (Å²) < 4.78 is 52.6. The van der Waals surface area contributed by atoms with Gasteiger partial charge < -0.3 is 10.0 Å². The topological polar surface area (TPSA) is 73.7 Å². The fraction of sp³-hybridized carbons (Fsp3) is 0.368. The van der Waals surface area contributed by atoms with Crippen molar-refractivity contribution >= 4 is 22.8 Å². The van der Waals surface area contributed by atoms with E-state index in [4.69, 9.17) is 5.11 Å². The van der Waals surface area contributed by atoms with E-state index in [2.05, 4.69) is 4.98 Å². The lowest BCUT2D eigenvalue weighted by atomic mass is 10.1. The molecule has 1 aliphatic heterocycles. The summed E-state index contributed by atoms with van der Waals surface area (Å²) in [5.74, 6) is -0.504. The van der Waals surface area contributed by atoms with Gasteiger partial charge >= 0.3 is 12.1 Å². The molecule has 1 unspecified atom stereocenters. The Morgan fingerprint density at radius 3 is 2.41 bits per heavy atom. The third-order valence-corrected chi connectivity index (χ3v) is 6.23. The fourth-order valence-electron chi connectivity index (χ4n) is 3.08. The number of anilines is 1. The summed E-state index contributed by atoms with van der Waals surface area (Å²) >= 11 is 0. The molecule has 0 aliphatic carbocycles. The van der Waals surface area contributed by atoms with Gasteiger partial charge in [0.15, 0.2) is 0 Å². The number of carbonyl (C=O) groups is 1. The predicted octanol–water partition coefficient (Wildman–Crippen LogP) is 2.88. The predicted molar refractivity (Wildman–Crippen MR) is 102 cm³/mol. The third-order valence-electron chi connectivity index (χ3n) is 4.74. The van der Waals surface area contributed by atoms with Gasteiger partial charge in [-0.1, -0.05) is 6.07 Å². The molecule has 6 nitrogen and oxygen atoms in total. The Bertz CT molecular complexity index is 911. The van der Waals surface area contributed by atoms with Crippen LogP contribution in [0.2, 0.25) is 0 Å². The average molecular weight is 427 g/mol. The number of alkyl halides is 3. The van der Waals surface area contributed by atoms with E-state index in [1.54, 1.807) is 29.4 Å². The molecule has 10 heteroatoms. The summed E-state index contributed by atoms with van der Waals surface area (Å²) in [5.41, 5.74) is 0.653. The first kappa shape index (κ1) is 21.3. The standard InChI is InChI=1S/C19H20F3N3O3S/c1-13-2-4-16(10-14(13)11-18(26)27)29(28)25-8-6-24(7-9-25)17-5-3-15(12-23-17)19(20,21)22/h2-5,10,12H,6-9,11H2,1H3,(H,26,27). The summed E-state index contributed by atoms with van der Waals surface area (Å²) in [7, 11) is -1.45. The van der Waals surface area contributed by atoms with Crippen LogP contribution in [0.25, 0.3) is 0 Å². The van der Waals surface area contributed by atoms with Gasteiger partial charge in [0.05, 0.1) is 16.9 Å². The Balaban J connectivity index is 1.64. The molecule has 0 spiro atoms. The minimum Gasteiger partial charge on any atom is -0.481 e. The van der Waals surface area contributed by atoms with Gasteiger partial charge in [-0.05, 0) is 42.3 Å². The van der Waals surface area contributed by atoms with Crippen molar-refractivity contribution in [3.8, 4) is 0 Å². The molecule has 156 valence electrons. The number of nitrogens with zero attached hydrogens (tertiary/aromatic N) is 3. The zero-order valence-corrected chi connectivity index (χ0v) is 16.5. The minimum atomic E-state index is -4.42.